The van der Waals surface area contributed by atoms with Crippen molar-refractivity contribution in [3.05, 3.63) is 29.8 Å². The van der Waals surface area contributed by atoms with Crippen molar-refractivity contribution in [3.8, 4) is 6.07 Å². The van der Waals surface area contributed by atoms with E-state index in [-0.39, 0.29) is 5.91 Å². The molecule has 2 aliphatic heterocycles. The van der Waals surface area contributed by atoms with Gasteiger partial charge in [0.05, 0.1) is 36.3 Å². The fourth-order valence-electron chi connectivity index (χ4n) is 2.49. The molecule has 0 unspecified atom stereocenters. The quantitative estimate of drug-likeness (QED) is 0.836. The Morgan fingerprint density at radius 2 is 1.96 bits per heavy atom. The van der Waals surface area contributed by atoms with Gasteiger partial charge in [-0.05, 0) is 24.3 Å². The summed E-state index contributed by atoms with van der Waals surface area (Å²) in [5.41, 5.74) is 1.37. The number of nitrogens with zero attached hydrogens (tertiary/aromatic N) is 4. The predicted octanol–water partition coefficient (Wildman–Crippen LogP) is 1.45. The minimum atomic E-state index is 0.107. The molecular formula is C16H18N4O2S. The van der Waals surface area contributed by atoms with Gasteiger partial charge < -0.3 is 4.74 Å². The van der Waals surface area contributed by atoms with Crippen LogP contribution in [-0.2, 0) is 9.53 Å². The Hall–Kier alpha value is -1.88. The van der Waals surface area contributed by atoms with Crippen molar-refractivity contribution < 1.29 is 9.53 Å². The van der Waals surface area contributed by atoms with E-state index in [4.69, 9.17) is 10.00 Å². The number of nitriles is 1. The summed E-state index contributed by atoms with van der Waals surface area (Å²) in [5.74, 6) is 0.550. The summed E-state index contributed by atoms with van der Waals surface area (Å²) >= 11 is 1.47. The van der Waals surface area contributed by atoms with E-state index in [1.807, 2.05) is 0 Å². The average Bonchev–Trinajstić information content (AvgIpc) is 2.94. The van der Waals surface area contributed by atoms with Gasteiger partial charge in [-0.1, -0.05) is 11.8 Å². The zero-order chi connectivity index (χ0) is 16.1. The number of thioether (sulfide) groups is 1. The third-order valence-corrected chi connectivity index (χ3v) is 4.78. The number of carbonyl (C=O) groups is 1. The summed E-state index contributed by atoms with van der Waals surface area (Å²) < 4.78 is 5.34. The zero-order valence-electron chi connectivity index (χ0n) is 12.8. The molecule has 1 aromatic rings. The van der Waals surface area contributed by atoms with Crippen molar-refractivity contribution in [2.45, 2.75) is 0 Å². The van der Waals surface area contributed by atoms with Crippen molar-refractivity contribution in [1.29, 1.82) is 5.26 Å². The normalized spacial score (nSPS) is 20.9. The summed E-state index contributed by atoms with van der Waals surface area (Å²) in [7, 11) is 0. The fourth-order valence-corrected chi connectivity index (χ4v) is 3.42. The molecule has 0 spiro atoms. The maximum absolute atomic E-state index is 12.1. The van der Waals surface area contributed by atoms with Crippen LogP contribution in [0.3, 0.4) is 0 Å². The van der Waals surface area contributed by atoms with Gasteiger partial charge in [-0.25, -0.2) is 4.99 Å². The largest absolute Gasteiger partial charge is 0.379 e. The third-order valence-electron chi connectivity index (χ3n) is 3.82. The van der Waals surface area contributed by atoms with E-state index < -0.39 is 0 Å². The first-order chi connectivity index (χ1) is 11.3. The van der Waals surface area contributed by atoms with Crippen LogP contribution in [0.2, 0.25) is 0 Å². The van der Waals surface area contributed by atoms with Crippen LogP contribution in [0, 0.1) is 11.3 Å². The molecule has 0 aromatic heterocycles. The highest BCUT2D eigenvalue weighted by atomic mass is 32.2. The zero-order valence-corrected chi connectivity index (χ0v) is 13.6. The topological polar surface area (TPSA) is 68.9 Å². The minimum Gasteiger partial charge on any atom is -0.379 e. The van der Waals surface area contributed by atoms with Gasteiger partial charge in [0.25, 0.3) is 0 Å². The standard InChI is InChI=1S/C16H18N4O2S/c17-11-13-1-3-14(4-2-13)18-16-20(15(21)12-23-16)6-5-19-7-9-22-10-8-19/h1-4H,5-10,12H2. The van der Waals surface area contributed by atoms with Gasteiger partial charge in [-0.15, -0.1) is 0 Å². The maximum Gasteiger partial charge on any atom is 0.239 e. The van der Waals surface area contributed by atoms with Crippen LogP contribution in [0.4, 0.5) is 5.69 Å². The summed E-state index contributed by atoms with van der Waals surface area (Å²) in [5, 5.41) is 9.57. The van der Waals surface area contributed by atoms with Gasteiger partial charge in [-0.3, -0.25) is 14.6 Å². The molecule has 2 aliphatic rings. The predicted molar refractivity (Wildman–Crippen MR) is 89.7 cm³/mol. The van der Waals surface area contributed by atoms with Gasteiger partial charge in [0.2, 0.25) is 5.91 Å². The second kappa shape index (κ2) is 7.59. The Balaban J connectivity index is 1.65. The highest BCUT2D eigenvalue weighted by molar-refractivity contribution is 8.15. The van der Waals surface area contributed by atoms with Gasteiger partial charge >= 0.3 is 0 Å². The number of amides is 1. The summed E-state index contributed by atoms with van der Waals surface area (Å²) in [6.07, 6.45) is 0. The molecule has 120 valence electrons. The highest BCUT2D eigenvalue weighted by Crippen LogP contribution is 2.23. The Morgan fingerprint density at radius 1 is 1.22 bits per heavy atom. The number of aliphatic imine (C=N–C) groups is 1. The molecule has 1 amide bonds. The number of benzene rings is 1. The molecule has 0 radical (unpaired) electrons. The maximum atomic E-state index is 12.1. The minimum absolute atomic E-state index is 0.107. The lowest BCUT2D eigenvalue weighted by Crippen LogP contribution is -2.42. The van der Waals surface area contributed by atoms with Gasteiger partial charge in [-0.2, -0.15) is 5.26 Å². The van der Waals surface area contributed by atoms with Crippen molar-refractivity contribution in [3.63, 3.8) is 0 Å². The number of morpholine rings is 1. The summed E-state index contributed by atoms with van der Waals surface area (Å²) in [4.78, 5) is 20.7. The first-order valence-electron chi connectivity index (χ1n) is 7.58. The number of ether oxygens (including phenoxy) is 1. The summed E-state index contributed by atoms with van der Waals surface area (Å²) in [6.45, 7) is 4.83. The molecule has 6 nitrogen and oxygen atoms in total. The molecule has 3 rings (SSSR count). The van der Waals surface area contributed by atoms with E-state index in [1.165, 1.54) is 11.8 Å². The van der Waals surface area contributed by atoms with E-state index in [0.717, 1.165) is 43.7 Å². The molecule has 2 saturated heterocycles. The third kappa shape index (κ3) is 4.10. The Morgan fingerprint density at radius 3 is 2.65 bits per heavy atom. The molecule has 1 aromatic carbocycles. The van der Waals surface area contributed by atoms with Gasteiger partial charge in [0.1, 0.15) is 0 Å². The van der Waals surface area contributed by atoms with Crippen LogP contribution < -0.4 is 0 Å². The number of hydrogen-bond acceptors (Lipinski definition) is 6. The van der Waals surface area contributed by atoms with Crippen LogP contribution in [0.25, 0.3) is 0 Å². The first kappa shape index (κ1) is 16.0. The SMILES string of the molecule is N#Cc1ccc(N=C2SCC(=O)N2CCN2CCOCC2)cc1. The van der Waals surface area contributed by atoms with E-state index >= 15 is 0 Å². The lowest BCUT2D eigenvalue weighted by atomic mass is 10.2. The van der Waals surface area contributed by atoms with Crippen LogP contribution in [0.1, 0.15) is 5.56 Å². The van der Waals surface area contributed by atoms with E-state index in [1.54, 1.807) is 29.2 Å². The van der Waals surface area contributed by atoms with Crippen molar-refractivity contribution in [2.75, 3.05) is 45.1 Å². The van der Waals surface area contributed by atoms with E-state index in [9.17, 15) is 4.79 Å². The molecule has 0 bridgehead atoms. The Bertz CT molecular complexity index is 632. The van der Waals surface area contributed by atoms with Crippen molar-refractivity contribution in [1.82, 2.24) is 9.80 Å². The molecular weight excluding hydrogens is 312 g/mol. The van der Waals surface area contributed by atoms with Crippen LogP contribution in [-0.4, -0.2) is 66.0 Å². The fraction of sp³-hybridized carbons (Fsp3) is 0.438. The van der Waals surface area contributed by atoms with E-state index in [0.29, 0.717) is 17.9 Å². The number of rotatable bonds is 4. The molecule has 23 heavy (non-hydrogen) atoms. The molecule has 0 N–H and O–H groups in total. The second-order valence-electron chi connectivity index (χ2n) is 5.34. The number of hydrogen-bond donors (Lipinski definition) is 0. The average molecular weight is 330 g/mol. The lowest BCUT2D eigenvalue weighted by molar-refractivity contribution is -0.124. The first-order valence-corrected chi connectivity index (χ1v) is 8.57. The van der Waals surface area contributed by atoms with Crippen LogP contribution in [0.5, 0.6) is 0 Å². The van der Waals surface area contributed by atoms with Crippen molar-refractivity contribution >= 4 is 28.5 Å². The van der Waals surface area contributed by atoms with Crippen molar-refractivity contribution in [2.24, 2.45) is 4.99 Å². The van der Waals surface area contributed by atoms with Gasteiger partial charge in [0.15, 0.2) is 5.17 Å². The highest BCUT2D eigenvalue weighted by Gasteiger charge is 2.28. The van der Waals surface area contributed by atoms with Crippen LogP contribution >= 0.6 is 11.8 Å². The second-order valence-corrected chi connectivity index (χ2v) is 6.28. The Labute approximate surface area is 139 Å². The lowest BCUT2D eigenvalue weighted by Gasteiger charge is -2.28. The van der Waals surface area contributed by atoms with Crippen LogP contribution in [0.15, 0.2) is 29.3 Å². The molecule has 0 aliphatic carbocycles. The molecule has 2 heterocycles. The molecule has 2 fully saturated rings. The Kier molecular flexibility index (Phi) is 5.28. The summed E-state index contributed by atoms with van der Waals surface area (Å²) in [6, 6.07) is 9.16. The number of carbonyl (C=O) groups excluding carboxylic acids is 1. The monoisotopic (exact) mass is 330 g/mol. The smallest absolute Gasteiger partial charge is 0.239 e. The number of amidine groups is 1. The molecule has 7 heteroatoms. The van der Waals surface area contributed by atoms with E-state index in [2.05, 4.69) is 16.0 Å². The molecule has 0 saturated carbocycles. The molecule has 0 atom stereocenters. The van der Waals surface area contributed by atoms with Gasteiger partial charge in [0, 0.05) is 26.2 Å².